The van der Waals surface area contributed by atoms with E-state index in [9.17, 15) is 9.90 Å². The zero-order valence-electron chi connectivity index (χ0n) is 8.24. The summed E-state index contributed by atoms with van der Waals surface area (Å²) in [6.45, 7) is 0. The molecule has 3 N–H and O–H groups in total. The zero-order chi connectivity index (χ0) is 11.4. The summed E-state index contributed by atoms with van der Waals surface area (Å²) in [6, 6.07) is 4.00. The second-order valence-electron chi connectivity index (χ2n) is 3.12. The van der Waals surface area contributed by atoms with Crippen molar-refractivity contribution in [3.05, 3.63) is 28.8 Å². The van der Waals surface area contributed by atoms with Crippen LogP contribution >= 0.6 is 11.6 Å². The number of halogens is 1. The topological polar surface area (TPSA) is 72.5 Å². The van der Waals surface area contributed by atoms with E-state index in [4.69, 9.17) is 17.3 Å². The molecule has 0 saturated heterocycles. The number of carbonyl (C=O) groups is 1. The predicted octanol–water partition coefficient (Wildman–Crippen LogP) is 1.09. The molecule has 1 aromatic rings. The lowest BCUT2D eigenvalue weighted by Crippen LogP contribution is -2.33. The van der Waals surface area contributed by atoms with Crippen LogP contribution < -0.4 is 5.73 Å². The van der Waals surface area contributed by atoms with Crippen LogP contribution in [-0.2, 0) is 16.0 Å². The Kier molecular flexibility index (Phi) is 3.94. The molecule has 0 bridgehead atoms. The molecule has 0 radical (unpaired) electrons. The number of hydrogen-bond acceptors (Lipinski definition) is 4. The van der Waals surface area contributed by atoms with E-state index >= 15 is 0 Å². The SMILES string of the molecule is COC(=O)[C@H](N)Cc1ccc(Cl)c(O)c1. The van der Waals surface area contributed by atoms with E-state index in [1.807, 2.05) is 0 Å². The van der Waals surface area contributed by atoms with Gasteiger partial charge in [0.1, 0.15) is 11.8 Å². The maximum absolute atomic E-state index is 11.0. The van der Waals surface area contributed by atoms with Crippen molar-refractivity contribution in [1.29, 1.82) is 0 Å². The minimum absolute atomic E-state index is 0.0220. The zero-order valence-corrected chi connectivity index (χ0v) is 8.99. The third-order valence-corrected chi connectivity index (χ3v) is 2.29. The molecule has 0 unspecified atom stereocenters. The smallest absolute Gasteiger partial charge is 0.322 e. The molecule has 0 amide bonds. The number of esters is 1. The molecule has 0 saturated carbocycles. The molecule has 0 heterocycles. The molecule has 0 aliphatic carbocycles. The molecule has 5 heteroatoms. The summed E-state index contributed by atoms with van der Waals surface area (Å²) in [7, 11) is 1.28. The first kappa shape index (κ1) is 11.8. The fraction of sp³-hybridized carbons (Fsp3) is 0.300. The molecular formula is C10H12ClNO3. The van der Waals surface area contributed by atoms with Crippen LogP contribution in [0.1, 0.15) is 5.56 Å². The first-order chi connectivity index (χ1) is 7.04. The predicted molar refractivity (Wildman–Crippen MR) is 56.8 cm³/mol. The van der Waals surface area contributed by atoms with Gasteiger partial charge < -0.3 is 15.6 Å². The van der Waals surface area contributed by atoms with Crippen molar-refractivity contribution in [2.45, 2.75) is 12.5 Å². The van der Waals surface area contributed by atoms with Crippen molar-refractivity contribution in [1.82, 2.24) is 0 Å². The molecule has 82 valence electrons. The van der Waals surface area contributed by atoms with Crippen LogP contribution in [0.4, 0.5) is 0 Å². The maximum Gasteiger partial charge on any atom is 0.322 e. The maximum atomic E-state index is 11.0. The summed E-state index contributed by atoms with van der Waals surface area (Å²) < 4.78 is 4.49. The Hall–Kier alpha value is -1.26. The summed E-state index contributed by atoms with van der Waals surface area (Å²) in [4.78, 5) is 11.0. The van der Waals surface area contributed by atoms with Crippen molar-refractivity contribution in [3.63, 3.8) is 0 Å². The quantitative estimate of drug-likeness (QED) is 0.761. The third-order valence-electron chi connectivity index (χ3n) is 1.97. The van der Waals surface area contributed by atoms with Crippen LogP contribution in [0.15, 0.2) is 18.2 Å². The fourth-order valence-electron chi connectivity index (χ4n) is 1.17. The molecule has 0 fully saturated rings. The Morgan fingerprint density at radius 1 is 1.67 bits per heavy atom. The van der Waals surface area contributed by atoms with Gasteiger partial charge in [0.05, 0.1) is 12.1 Å². The summed E-state index contributed by atoms with van der Waals surface area (Å²) in [6.07, 6.45) is 0.303. The van der Waals surface area contributed by atoms with Crippen LogP contribution in [-0.4, -0.2) is 24.2 Å². The summed E-state index contributed by atoms with van der Waals surface area (Å²) in [5, 5.41) is 9.59. The van der Waals surface area contributed by atoms with E-state index in [-0.39, 0.29) is 10.8 Å². The van der Waals surface area contributed by atoms with Gasteiger partial charge in [-0.05, 0) is 24.1 Å². The lowest BCUT2D eigenvalue weighted by molar-refractivity contribution is -0.142. The first-order valence-corrected chi connectivity index (χ1v) is 4.73. The molecular weight excluding hydrogens is 218 g/mol. The van der Waals surface area contributed by atoms with Gasteiger partial charge in [-0.1, -0.05) is 17.7 Å². The Bertz CT molecular complexity index is 368. The number of ether oxygens (including phenoxy) is 1. The van der Waals surface area contributed by atoms with Crippen LogP contribution in [0.5, 0.6) is 5.75 Å². The van der Waals surface area contributed by atoms with Crippen LogP contribution in [0.3, 0.4) is 0 Å². The monoisotopic (exact) mass is 229 g/mol. The van der Waals surface area contributed by atoms with E-state index in [2.05, 4.69) is 4.74 Å². The van der Waals surface area contributed by atoms with Gasteiger partial charge in [-0.25, -0.2) is 0 Å². The Morgan fingerprint density at radius 2 is 2.33 bits per heavy atom. The minimum Gasteiger partial charge on any atom is -0.506 e. The largest absolute Gasteiger partial charge is 0.506 e. The van der Waals surface area contributed by atoms with Crippen LogP contribution in [0, 0.1) is 0 Å². The molecule has 0 aromatic heterocycles. The Labute approximate surface area is 92.6 Å². The normalized spacial score (nSPS) is 12.2. The standard InChI is InChI=1S/C10H12ClNO3/c1-15-10(14)8(12)4-6-2-3-7(11)9(13)5-6/h2-3,5,8,13H,4,12H2,1H3/t8-/m1/s1. The van der Waals surface area contributed by atoms with Crippen molar-refractivity contribution in [3.8, 4) is 5.75 Å². The van der Waals surface area contributed by atoms with Gasteiger partial charge in [-0.15, -0.1) is 0 Å². The van der Waals surface area contributed by atoms with Gasteiger partial charge in [0.15, 0.2) is 0 Å². The van der Waals surface area contributed by atoms with E-state index in [1.165, 1.54) is 13.2 Å². The molecule has 1 aromatic carbocycles. The van der Waals surface area contributed by atoms with Gasteiger partial charge in [0.25, 0.3) is 0 Å². The lowest BCUT2D eigenvalue weighted by Gasteiger charge is -2.09. The summed E-state index contributed by atoms with van der Waals surface area (Å²) in [5.74, 6) is -0.504. The highest BCUT2D eigenvalue weighted by atomic mass is 35.5. The van der Waals surface area contributed by atoms with Crippen LogP contribution in [0.25, 0.3) is 0 Å². The second kappa shape index (κ2) is 5.00. The molecule has 1 rings (SSSR count). The second-order valence-corrected chi connectivity index (χ2v) is 3.53. The number of carbonyl (C=O) groups excluding carboxylic acids is 1. The summed E-state index contributed by atoms with van der Waals surface area (Å²) in [5.41, 5.74) is 6.29. The van der Waals surface area contributed by atoms with E-state index in [0.717, 1.165) is 5.56 Å². The number of phenols is 1. The number of benzene rings is 1. The molecule has 4 nitrogen and oxygen atoms in total. The van der Waals surface area contributed by atoms with Crippen molar-refractivity contribution in [2.24, 2.45) is 5.73 Å². The highest BCUT2D eigenvalue weighted by molar-refractivity contribution is 6.32. The van der Waals surface area contributed by atoms with Gasteiger partial charge >= 0.3 is 5.97 Å². The molecule has 0 spiro atoms. The van der Waals surface area contributed by atoms with Crippen molar-refractivity contribution < 1.29 is 14.6 Å². The molecule has 1 atom stereocenters. The Balaban J connectivity index is 2.73. The lowest BCUT2D eigenvalue weighted by atomic mass is 10.1. The molecule has 0 aliphatic heterocycles. The van der Waals surface area contributed by atoms with E-state index in [1.54, 1.807) is 12.1 Å². The van der Waals surface area contributed by atoms with Gasteiger partial charge in [0.2, 0.25) is 0 Å². The van der Waals surface area contributed by atoms with Gasteiger partial charge in [-0.3, -0.25) is 4.79 Å². The number of hydrogen-bond donors (Lipinski definition) is 2. The highest BCUT2D eigenvalue weighted by Gasteiger charge is 2.14. The number of methoxy groups -OCH3 is 1. The highest BCUT2D eigenvalue weighted by Crippen LogP contribution is 2.24. The first-order valence-electron chi connectivity index (χ1n) is 4.35. The molecule has 0 aliphatic rings. The van der Waals surface area contributed by atoms with Crippen molar-refractivity contribution >= 4 is 17.6 Å². The average Bonchev–Trinajstić information content (AvgIpc) is 2.22. The van der Waals surface area contributed by atoms with Gasteiger partial charge in [-0.2, -0.15) is 0 Å². The summed E-state index contributed by atoms with van der Waals surface area (Å²) >= 11 is 5.63. The van der Waals surface area contributed by atoms with E-state index in [0.29, 0.717) is 6.42 Å². The van der Waals surface area contributed by atoms with Crippen LogP contribution in [0.2, 0.25) is 5.02 Å². The Morgan fingerprint density at radius 3 is 2.87 bits per heavy atom. The van der Waals surface area contributed by atoms with Gasteiger partial charge in [0, 0.05) is 0 Å². The number of aromatic hydroxyl groups is 1. The molecule has 15 heavy (non-hydrogen) atoms. The number of phenolic OH excluding ortho intramolecular Hbond substituents is 1. The fourth-order valence-corrected chi connectivity index (χ4v) is 1.29. The minimum atomic E-state index is -0.726. The van der Waals surface area contributed by atoms with E-state index < -0.39 is 12.0 Å². The average molecular weight is 230 g/mol. The number of rotatable bonds is 3. The third kappa shape index (κ3) is 3.11. The van der Waals surface area contributed by atoms with Crippen molar-refractivity contribution in [2.75, 3.05) is 7.11 Å². The number of nitrogens with two attached hydrogens (primary N) is 1.